The van der Waals surface area contributed by atoms with Gasteiger partial charge in [-0.2, -0.15) is 0 Å². The van der Waals surface area contributed by atoms with Crippen molar-refractivity contribution in [3.05, 3.63) is 232 Å². The second-order valence-electron chi connectivity index (χ2n) is 19.5. The summed E-state index contributed by atoms with van der Waals surface area (Å²) in [5.74, 6) is 2.36. The Hall–Kier alpha value is -7.36. The van der Waals surface area contributed by atoms with Crippen LogP contribution in [-0.2, 0) is 12.8 Å². The van der Waals surface area contributed by atoms with Crippen LogP contribution in [-0.4, -0.2) is 11.5 Å². The van der Waals surface area contributed by atoms with Gasteiger partial charge in [0.15, 0.2) is 5.84 Å². The smallest absolute Gasteiger partial charge is 0.160 e. The lowest BCUT2D eigenvalue weighted by Gasteiger charge is -2.36. The maximum Gasteiger partial charge on any atom is 0.160 e. The van der Waals surface area contributed by atoms with Crippen molar-refractivity contribution in [3.63, 3.8) is 0 Å². The normalized spacial score (nSPS) is 22.9. The van der Waals surface area contributed by atoms with Crippen LogP contribution >= 0.6 is 0 Å². The third-order valence-corrected chi connectivity index (χ3v) is 15.5. The van der Waals surface area contributed by atoms with Crippen molar-refractivity contribution in [2.24, 2.45) is 33.7 Å². The highest BCUT2D eigenvalue weighted by Gasteiger charge is 2.40. The number of benzene rings is 7. The van der Waals surface area contributed by atoms with Crippen LogP contribution in [0.1, 0.15) is 83.0 Å². The van der Waals surface area contributed by atoms with Crippen LogP contribution in [0.15, 0.2) is 202 Å². The van der Waals surface area contributed by atoms with Crippen molar-refractivity contribution in [1.82, 2.24) is 0 Å². The van der Waals surface area contributed by atoms with Gasteiger partial charge in [-0.3, -0.25) is 0 Å². The predicted molar refractivity (Wildman–Crippen MR) is 281 cm³/mol. The number of allylic oxidation sites excluding steroid dienone is 7. The highest BCUT2D eigenvalue weighted by atomic mass is 16.3. The number of rotatable bonds is 5. The number of nitrogens with zero attached hydrogens (tertiary/aromatic N) is 2. The summed E-state index contributed by atoms with van der Waals surface area (Å²) >= 11 is 0. The Kier molecular flexibility index (Phi) is 9.84. The second kappa shape index (κ2) is 16.5. The van der Waals surface area contributed by atoms with Gasteiger partial charge < -0.3 is 4.42 Å². The SMILES string of the molecule is C[C@@H]1C/C=C(\c2ccc3ccccc3c2)N=C(c2cccc(-c3ccccc3)c2)N=C1c1cc([C@@H]2CCC3=Cc4ccccc4CC3C3C=CC=CC32)cc2oc3cc4c(cc3c12)C=CCC4. The van der Waals surface area contributed by atoms with Gasteiger partial charge in [-0.05, 0) is 148 Å². The van der Waals surface area contributed by atoms with Gasteiger partial charge in [0, 0.05) is 33.4 Å². The molecule has 4 aliphatic carbocycles. The molecular weight excluding hydrogens is 813 g/mol. The molecule has 0 N–H and O–H groups in total. The highest BCUT2D eigenvalue weighted by Crippen LogP contribution is 2.51. The molecule has 0 radical (unpaired) electrons. The molecule has 5 atom stereocenters. The molecule has 8 aromatic rings. The van der Waals surface area contributed by atoms with E-state index in [0.717, 1.165) is 100.0 Å². The molecule has 7 aromatic carbocycles. The number of aliphatic imine (C=N–C) groups is 2. The second-order valence-corrected chi connectivity index (χ2v) is 19.5. The van der Waals surface area contributed by atoms with Crippen molar-refractivity contribution >= 4 is 62.1 Å². The van der Waals surface area contributed by atoms with Gasteiger partial charge in [-0.25, -0.2) is 9.98 Å². The summed E-state index contributed by atoms with van der Waals surface area (Å²) in [6, 6.07) is 53.4. The maximum absolute atomic E-state index is 7.10. The maximum atomic E-state index is 7.10. The average molecular weight is 865 g/mol. The molecule has 324 valence electrons. The molecule has 0 saturated heterocycles. The largest absolute Gasteiger partial charge is 0.456 e. The molecular formula is C64H52N2O. The summed E-state index contributed by atoms with van der Waals surface area (Å²) in [4.78, 5) is 11.4. The van der Waals surface area contributed by atoms with Gasteiger partial charge in [0.25, 0.3) is 0 Å². The van der Waals surface area contributed by atoms with Crippen molar-refractivity contribution in [2.45, 2.75) is 51.4 Å². The van der Waals surface area contributed by atoms with E-state index < -0.39 is 0 Å². The molecule has 0 spiro atoms. The zero-order valence-electron chi connectivity index (χ0n) is 37.9. The fraction of sp³-hybridized carbons (Fsp3) is 0.188. The zero-order valence-corrected chi connectivity index (χ0v) is 37.9. The van der Waals surface area contributed by atoms with Crippen LogP contribution in [0.3, 0.4) is 0 Å². The molecule has 1 aromatic heterocycles. The van der Waals surface area contributed by atoms with Crippen molar-refractivity contribution in [3.8, 4) is 11.1 Å². The van der Waals surface area contributed by atoms with Crippen molar-refractivity contribution < 1.29 is 4.42 Å². The van der Waals surface area contributed by atoms with Crippen LogP contribution in [0.2, 0.25) is 0 Å². The number of amidine groups is 1. The highest BCUT2D eigenvalue weighted by molar-refractivity contribution is 6.23. The van der Waals surface area contributed by atoms with Crippen LogP contribution < -0.4 is 0 Å². The minimum absolute atomic E-state index is 0.0742. The van der Waals surface area contributed by atoms with E-state index in [1.54, 1.807) is 5.57 Å². The van der Waals surface area contributed by atoms with E-state index in [4.69, 9.17) is 14.4 Å². The van der Waals surface area contributed by atoms with Gasteiger partial charge in [0.2, 0.25) is 0 Å². The molecule has 67 heavy (non-hydrogen) atoms. The van der Waals surface area contributed by atoms with E-state index in [0.29, 0.717) is 23.7 Å². The molecule has 13 rings (SSSR count). The summed E-state index contributed by atoms with van der Waals surface area (Å²) < 4.78 is 7.10. The Balaban J connectivity index is 1.02. The standard InChI is InChI=1S/C64H52N2O/c1-40-26-31-59(50-28-27-42-16-5-6-17-43(42)33-50)65-64(51-23-13-22-44(34-51)41-14-3-2-4-15-41)66-63(40)58-37-52(39-61-62(58)57-36-47-20-9-10-21-48(47)38-60(57)67-61)53-30-29-49-32-45-18-7-8-19-46(45)35-56(49)55-25-12-11-24-54(53)55/h2-9,11-20,22-25,27-28,31-34,36-40,53-56H,10,21,26,29-30,35H2,1H3/b59-31+,65-64?,66-63?/t40-,53+,54?,55?,56?/m1/s1. The van der Waals surface area contributed by atoms with Crippen molar-refractivity contribution in [2.75, 3.05) is 0 Å². The topological polar surface area (TPSA) is 37.9 Å². The van der Waals surface area contributed by atoms with Crippen LogP contribution in [0.25, 0.3) is 61.7 Å². The molecule has 5 aliphatic rings. The molecule has 1 saturated carbocycles. The summed E-state index contributed by atoms with van der Waals surface area (Å²) in [5.41, 5.74) is 17.9. The number of fused-ring (bicyclic) bond motifs is 9. The van der Waals surface area contributed by atoms with E-state index in [2.05, 4.69) is 201 Å². The fourth-order valence-electron chi connectivity index (χ4n) is 12.1. The number of hydrogen-bond donors (Lipinski definition) is 0. The molecule has 2 heterocycles. The average Bonchev–Trinajstić information content (AvgIpc) is 3.65. The van der Waals surface area contributed by atoms with Crippen LogP contribution in [0.5, 0.6) is 0 Å². The van der Waals surface area contributed by atoms with Gasteiger partial charge in [-0.15, -0.1) is 0 Å². The Morgan fingerprint density at radius 2 is 1.40 bits per heavy atom. The monoisotopic (exact) mass is 864 g/mol. The van der Waals surface area contributed by atoms with Crippen LogP contribution in [0.4, 0.5) is 0 Å². The molecule has 3 nitrogen and oxygen atoms in total. The first-order chi connectivity index (χ1) is 33.1. The van der Waals surface area contributed by atoms with E-state index in [9.17, 15) is 0 Å². The van der Waals surface area contributed by atoms with Gasteiger partial charge in [-0.1, -0.05) is 170 Å². The summed E-state index contributed by atoms with van der Waals surface area (Å²) in [6.45, 7) is 2.35. The first-order valence-corrected chi connectivity index (χ1v) is 24.4. The zero-order chi connectivity index (χ0) is 44.4. The summed E-state index contributed by atoms with van der Waals surface area (Å²) in [5, 5.41) is 4.73. The van der Waals surface area contributed by atoms with E-state index in [1.807, 2.05) is 0 Å². The Morgan fingerprint density at radius 3 is 2.31 bits per heavy atom. The Morgan fingerprint density at radius 1 is 0.597 bits per heavy atom. The Labute approximate surface area is 393 Å². The minimum Gasteiger partial charge on any atom is -0.456 e. The lowest BCUT2D eigenvalue weighted by molar-refractivity contribution is 0.329. The fourth-order valence-corrected chi connectivity index (χ4v) is 12.1. The molecule has 0 bridgehead atoms. The molecule has 0 amide bonds. The summed E-state index contributed by atoms with van der Waals surface area (Å²) in [7, 11) is 0. The number of aryl methyl sites for hydroxylation is 1. The molecule has 1 fully saturated rings. The minimum atomic E-state index is 0.0742. The van der Waals surface area contributed by atoms with Gasteiger partial charge in [0.05, 0.1) is 11.4 Å². The molecule has 1 aliphatic heterocycles. The number of hydrogen-bond acceptors (Lipinski definition) is 3. The Bertz CT molecular complexity index is 3520. The van der Waals surface area contributed by atoms with E-state index >= 15 is 0 Å². The first-order valence-electron chi connectivity index (χ1n) is 24.4. The van der Waals surface area contributed by atoms with Crippen LogP contribution in [0, 0.1) is 23.7 Å². The molecule has 3 unspecified atom stereocenters. The first kappa shape index (κ1) is 40.0. The lowest BCUT2D eigenvalue weighted by atomic mass is 9.68. The van der Waals surface area contributed by atoms with Gasteiger partial charge in [0.1, 0.15) is 11.2 Å². The summed E-state index contributed by atoms with van der Waals surface area (Å²) in [6.07, 6.45) is 25.2. The van der Waals surface area contributed by atoms with E-state index in [-0.39, 0.29) is 5.92 Å². The predicted octanol–water partition coefficient (Wildman–Crippen LogP) is 16.2. The van der Waals surface area contributed by atoms with Crippen molar-refractivity contribution in [1.29, 1.82) is 0 Å². The molecule has 3 heteroatoms. The lowest BCUT2D eigenvalue weighted by Crippen LogP contribution is -2.28. The van der Waals surface area contributed by atoms with Gasteiger partial charge >= 0.3 is 0 Å². The third-order valence-electron chi connectivity index (χ3n) is 15.5. The third kappa shape index (κ3) is 7.20. The quantitative estimate of drug-likeness (QED) is 0.170. The van der Waals surface area contributed by atoms with E-state index in [1.165, 1.54) is 44.2 Å². The number of furan rings is 1.